The van der Waals surface area contributed by atoms with E-state index in [1.54, 1.807) is 0 Å². The van der Waals surface area contributed by atoms with Crippen molar-refractivity contribution in [1.82, 2.24) is 5.32 Å². The van der Waals surface area contributed by atoms with Crippen LogP contribution >= 0.6 is 11.6 Å². The maximum absolute atomic E-state index is 6.09. The van der Waals surface area contributed by atoms with Gasteiger partial charge >= 0.3 is 0 Å². The van der Waals surface area contributed by atoms with E-state index in [0.717, 1.165) is 11.4 Å². The van der Waals surface area contributed by atoms with Crippen molar-refractivity contribution in [1.29, 1.82) is 0 Å². The van der Waals surface area contributed by atoms with Gasteiger partial charge in [0.2, 0.25) is 0 Å². The van der Waals surface area contributed by atoms with Crippen molar-refractivity contribution in [3.63, 3.8) is 0 Å². The standard InChI is InChI=1S/C18H22ClN/c1-4-18(16-9-6-10-17(19)12-16)20-14(3)15-8-5-7-13(2)11-15/h5-12,14,18,20H,4H2,1-3H3. The third-order valence-electron chi connectivity index (χ3n) is 3.65. The lowest BCUT2D eigenvalue weighted by atomic mass is 10.0. The van der Waals surface area contributed by atoms with E-state index in [1.807, 2.05) is 18.2 Å². The quantitative estimate of drug-likeness (QED) is 0.771. The summed E-state index contributed by atoms with van der Waals surface area (Å²) in [6, 6.07) is 17.4. The van der Waals surface area contributed by atoms with Gasteiger partial charge in [0.25, 0.3) is 0 Å². The van der Waals surface area contributed by atoms with Crippen LogP contribution < -0.4 is 5.32 Å². The summed E-state index contributed by atoms with van der Waals surface area (Å²) in [5.74, 6) is 0. The van der Waals surface area contributed by atoms with Crippen molar-refractivity contribution < 1.29 is 0 Å². The molecule has 0 heterocycles. The first-order valence-electron chi connectivity index (χ1n) is 7.18. The van der Waals surface area contributed by atoms with E-state index >= 15 is 0 Å². The van der Waals surface area contributed by atoms with Crippen LogP contribution in [0, 0.1) is 6.92 Å². The topological polar surface area (TPSA) is 12.0 Å². The van der Waals surface area contributed by atoms with Gasteiger partial charge in [-0.15, -0.1) is 0 Å². The first-order chi connectivity index (χ1) is 9.60. The van der Waals surface area contributed by atoms with Gasteiger partial charge < -0.3 is 5.32 Å². The molecule has 0 amide bonds. The Hall–Kier alpha value is -1.31. The smallest absolute Gasteiger partial charge is 0.0409 e. The molecule has 2 aromatic rings. The highest BCUT2D eigenvalue weighted by Crippen LogP contribution is 2.24. The molecule has 0 saturated carbocycles. The fourth-order valence-corrected chi connectivity index (χ4v) is 2.71. The first-order valence-corrected chi connectivity index (χ1v) is 7.56. The molecular weight excluding hydrogens is 266 g/mol. The SMILES string of the molecule is CCC(NC(C)c1cccc(C)c1)c1cccc(Cl)c1. The Balaban J connectivity index is 2.14. The normalized spacial score (nSPS) is 14.0. The minimum atomic E-state index is 0.318. The third kappa shape index (κ3) is 3.84. The van der Waals surface area contributed by atoms with Crippen molar-refractivity contribution in [3.05, 3.63) is 70.2 Å². The Morgan fingerprint density at radius 3 is 2.40 bits per heavy atom. The van der Waals surface area contributed by atoms with Crippen molar-refractivity contribution in [2.24, 2.45) is 0 Å². The molecule has 20 heavy (non-hydrogen) atoms. The first kappa shape index (κ1) is 15.1. The molecule has 0 spiro atoms. The number of nitrogens with one attached hydrogen (secondary N) is 1. The van der Waals surface area contributed by atoms with Crippen LogP contribution in [0.2, 0.25) is 5.02 Å². The number of benzene rings is 2. The number of aryl methyl sites for hydroxylation is 1. The predicted octanol–water partition coefficient (Wildman–Crippen LogP) is 5.45. The highest BCUT2D eigenvalue weighted by molar-refractivity contribution is 6.30. The molecule has 2 rings (SSSR count). The van der Waals surface area contributed by atoms with E-state index in [2.05, 4.69) is 56.4 Å². The van der Waals surface area contributed by atoms with Crippen LogP contribution in [-0.2, 0) is 0 Å². The van der Waals surface area contributed by atoms with Crippen LogP contribution in [0.25, 0.3) is 0 Å². The Kier molecular flexibility index (Phi) is 5.22. The zero-order valence-corrected chi connectivity index (χ0v) is 13.1. The van der Waals surface area contributed by atoms with Crippen molar-refractivity contribution in [3.8, 4) is 0 Å². The summed E-state index contributed by atoms with van der Waals surface area (Å²) in [4.78, 5) is 0. The Morgan fingerprint density at radius 2 is 1.75 bits per heavy atom. The Bertz CT molecular complexity index is 565. The Labute approximate surface area is 127 Å². The molecule has 0 bridgehead atoms. The zero-order chi connectivity index (χ0) is 14.5. The van der Waals surface area contributed by atoms with Gasteiger partial charge in [-0.1, -0.05) is 60.5 Å². The molecule has 0 aliphatic carbocycles. The van der Waals surface area contributed by atoms with Gasteiger partial charge in [-0.05, 0) is 43.5 Å². The van der Waals surface area contributed by atoms with Crippen molar-refractivity contribution in [2.45, 2.75) is 39.3 Å². The van der Waals surface area contributed by atoms with Crippen LogP contribution in [0.3, 0.4) is 0 Å². The minimum Gasteiger partial charge on any atom is -0.303 e. The number of hydrogen-bond acceptors (Lipinski definition) is 1. The summed E-state index contributed by atoms with van der Waals surface area (Å²) < 4.78 is 0. The number of halogens is 1. The Morgan fingerprint density at radius 1 is 1.05 bits per heavy atom. The van der Waals surface area contributed by atoms with Gasteiger partial charge in [-0.2, -0.15) is 0 Å². The van der Waals surface area contributed by atoms with Gasteiger partial charge in [-0.3, -0.25) is 0 Å². The predicted molar refractivity (Wildman–Crippen MR) is 87.2 cm³/mol. The molecule has 1 nitrogen and oxygen atoms in total. The second-order valence-electron chi connectivity index (χ2n) is 5.32. The fraction of sp³-hybridized carbons (Fsp3) is 0.333. The number of hydrogen-bond donors (Lipinski definition) is 1. The third-order valence-corrected chi connectivity index (χ3v) is 3.89. The van der Waals surface area contributed by atoms with Crippen LogP contribution in [0.5, 0.6) is 0 Å². The molecule has 106 valence electrons. The van der Waals surface area contributed by atoms with Gasteiger partial charge in [0, 0.05) is 17.1 Å². The van der Waals surface area contributed by atoms with Crippen LogP contribution in [0.1, 0.15) is 49.0 Å². The van der Waals surface area contributed by atoms with Gasteiger partial charge in [-0.25, -0.2) is 0 Å². The summed E-state index contributed by atoms with van der Waals surface area (Å²) >= 11 is 6.09. The molecule has 0 saturated heterocycles. The summed E-state index contributed by atoms with van der Waals surface area (Å²) in [6.07, 6.45) is 1.04. The van der Waals surface area contributed by atoms with E-state index in [4.69, 9.17) is 11.6 Å². The van der Waals surface area contributed by atoms with E-state index in [-0.39, 0.29) is 0 Å². The summed E-state index contributed by atoms with van der Waals surface area (Å²) in [7, 11) is 0. The maximum Gasteiger partial charge on any atom is 0.0409 e. The molecule has 0 fully saturated rings. The summed E-state index contributed by atoms with van der Waals surface area (Å²) in [5, 5.41) is 4.49. The minimum absolute atomic E-state index is 0.318. The molecule has 0 aliphatic rings. The molecule has 0 aromatic heterocycles. The maximum atomic E-state index is 6.09. The molecule has 2 heteroatoms. The monoisotopic (exact) mass is 287 g/mol. The molecule has 2 atom stereocenters. The second kappa shape index (κ2) is 6.92. The van der Waals surface area contributed by atoms with E-state index in [9.17, 15) is 0 Å². The van der Waals surface area contributed by atoms with Gasteiger partial charge in [0.1, 0.15) is 0 Å². The molecule has 2 aromatic carbocycles. The molecule has 2 unspecified atom stereocenters. The molecule has 1 N–H and O–H groups in total. The van der Waals surface area contributed by atoms with E-state index < -0.39 is 0 Å². The lowest BCUT2D eigenvalue weighted by Gasteiger charge is -2.23. The molecule has 0 radical (unpaired) electrons. The van der Waals surface area contributed by atoms with Gasteiger partial charge in [0.15, 0.2) is 0 Å². The average Bonchev–Trinajstić information content (AvgIpc) is 2.44. The van der Waals surface area contributed by atoms with E-state index in [0.29, 0.717) is 12.1 Å². The van der Waals surface area contributed by atoms with Crippen LogP contribution in [0.4, 0.5) is 0 Å². The zero-order valence-electron chi connectivity index (χ0n) is 12.4. The molecular formula is C18H22ClN. The van der Waals surface area contributed by atoms with Gasteiger partial charge in [0.05, 0.1) is 0 Å². The van der Waals surface area contributed by atoms with E-state index in [1.165, 1.54) is 16.7 Å². The summed E-state index contributed by atoms with van der Waals surface area (Å²) in [5.41, 5.74) is 3.87. The molecule has 0 aliphatic heterocycles. The van der Waals surface area contributed by atoms with Crippen LogP contribution in [-0.4, -0.2) is 0 Å². The average molecular weight is 288 g/mol. The lowest BCUT2D eigenvalue weighted by molar-refractivity contribution is 0.456. The number of rotatable bonds is 5. The van der Waals surface area contributed by atoms with Crippen molar-refractivity contribution in [2.75, 3.05) is 0 Å². The fourth-order valence-electron chi connectivity index (χ4n) is 2.51. The largest absolute Gasteiger partial charge is 0.303 e. The lowest BCUT2D eigenvalue weighted by Crippen LogP contribution is -2.24. The summed E-state index contributed by atoms with van der Waals surface area (Å²) in [6.45, 7) is 6.54. The van der Waals surface area contributed by atoms with Crippen LogP contribution in [0.15, 0.2) is 48.5 Å². The van der Waals surface area contributed by atoms with Crippen molar-refractivity contribution >= 4 is 11.6 Å². The highest BCUT2D eigenvalue weighted by Gasteiger charge is 2.14. The highest BCUT2D eigenvalue weighted by atomic mass is 35.5. The second-order valence-corrected chi connectivity index (χ2v) is 5.75.